The van der Waals surface area contributed by atoms with Gasteiger partial charge in [0, 0.05) is 10.9 Å². The van der Waals surface area contributed by atoms with Crippen LogP contribution in [0.15, 0.2) is 34.2 Å². The first kappa shape index (κ1) is 16.2. The van der Waals surface area contributed by atoms with Gasteiger partial charge in [-0.05, 0) is 31.2 Å². The van der Waals surface area contributed by atoms with Crippen molar-refractivity contribution < 1.29 is 18.4 Å². The van der Waals surface area contributed by atoms with Gasteiger partial charge >= 0.3 is 0 Å². The molecule has 0 saturated heterocycles. The fraction of sp³-hybridized carbons (Fsp3) is 0.200. The summed E-state index contributed by atoms with van der Waals surface area (Å²) in [4.78, 5) is 20.1. The molecule has 2 aromatic heterocycles. The maximum absolute atomic E-state index is 12.9. The van der Waals surface area contributed by atoms with Gasteiger partial charge in [0.2, 0.25) is 0 Å². The molecule has 0 radical (unpaired) electrons. The van der Waals surface area contributed by atoms with E-state index in [9.17, 15) is 9.18 Å². The number of halogens is 1. The molecule has 0 aliphatic carbocycles. The summed E-state index contributed by atoms with van der Waals surface area (Å²) in [5.74, 6) is 0.171. The lowest BCUT2D eigenvalue weighted by Gasteiger charge is -2.01. The zero-order valence-corrected chi connectivity index (χ0v) is 13.5. The van der Waals surface area contributed by atoms with Crippen molar-refractivity contribution in [3.05, 3.63) is 47.2 Å². The second kappa shape index (κ2) is 7.28. The molecule has 0 aliphatic heterocycles. The largest absolute Gasteiger partial charge is 0.362 e. The van der Waals surface area contributed by atoms with Crippen LogP contribution in [-0.2, 0) is 16.1 Å². The molecule has 124 valence electrons. The third-order valence-electron chi connectivity index (χ3n) is 2.92. The summed E-state index contributed by atoms with van der Waals surface area (Å²) in [5.41, 5.74) is 1.44. The molecule has 1 N–H and O–H groups in total. The third kappa shape index (κ3) is 4.21. The fourth-order valence-corrected chi connectivity index (χ4v) is 2.61. The topological polar surface area (TPSA) is 90.1 Å². The van der Waals surface area contributed by atoms with Crippen LogP contribution in [0.4, 0.5) is 9.52 Å². The summed E-state index contributed by atoms with van der Waals surface area (Å²) in [6.45, 7) is 1.60. The average molecular weight is 348 g/mol. The minimum Gasteiger partial charge on any atom is -0.362 e. The standard InChI is InChI=1S/C15H13FN4O3S/c1-9-17-14(23-20-9)7-22-6-13(21)19-15-18-12(8-24-15)10-2-4-11(16)5-3-10/h2-5,8H,6-7H2,1H3,(H,18,19,21). The minimum absolute atomic E-state index is 0.0625. The number of aryl methyl sites for hydroxylation is 1. The van der Waals surface area contributed by atoms with Crippen molar-refractivity contribution in [2.75, 3.05) is 11.9 Å². The van der Waals surface area contributed by atoms with Crippen LogP contribution in [0.3, 0.4) is 0 Å². The van der Waals surface area contributed by atoms with Crippen molar-refractivity contribution in [1.29, 1.82) is 0 Å². The maximum atomic E-state index is 12.9. The van der Waals surface area contributed by atoms with Gasteiger partial charge in [-0.15, -0.1) is 11.3 Å². The van der Waals surface area contributed by atoms with Crippen LogP contribution in [0.2, 0.25) is 0 Å². The van der Waals surface area contributed by atoms with Gasteiger partial charge in [0.15, 0.2) is 11.0 Å². The van der Waals surface area contributed by atoms with Crippen LogP contribution in [0.25, 0.3) is 11.3 Å². The molecule has 2 heterocycles. The Bertz CT molecular complexity index is 831. The molecule has 0 aliphatic rings. The van der Waals surface area contributed by atoms with Gasteiger partial charge in [-0.25, -0.2) is 9.37 Å². The van der Waals surface area contributed by atoms with Crippen LogP contribution in [0, 0.1) is 12.7 Å². The van der Waals surface area contributed by atoms with E-state index in [-0.39, 0.29) is 24.9 Å². The zero-order chi connectivity index (χ0) is 16.9. The second-order valence-corrected chi connectivity index (χ2v) is 5.68. The first-order valence-corrected chi connectivity index (χ1v) is 7.86. The SMILES string of the molecule is Cc1noc(COCC(=O)Nc2nc(-c3ccc(F)cc3)cs2)n1. The Hall–Kier alpha value is -2.65. The van der Waals surface area contributed by atoms with Gasteiger partial charge in [-0.3, -0.25) is 10.1 Å². The summed E-state index contributed by atoms with van der Waals surface area (Å²) in [6.07, 6.45) is 0. The van der Waals surface area contributed by atoms with Gasteiger partial charge < -0.3 is 9.26 Å². The Balaban J connectivity index is 1.50. The Morgan fingerprint density at radius 1 is 1.33 bits per heavy atom. The highest BCUT2D eigenvalue weighted by atomic mass is 32.1. The molecule has 9 heteroatoms. The molecule has 3 rings (SSSR count). The van der Waals surface area contributed by atoms with Crippen molar-refractivity contribution in [2.45, 2.75) is 13.5 Å². The predicted octanol–water partition coefficient (Wildman–Crippen LogP) is 2.80. The average Bonchev–Trinajstić information content (AvgIpc) is 3.17. The van der Waals surface area contributed by atoms with Crippen LogP contribution in [0.1, 0.15) is 11.7 Å². The normalized spacial score (nSPS) is 10.8. The molecule has 0 unspecified atom stereocenters. The summed E-state index contributed by atoms with van der Waals surface area (Å²) in [7, 11) is 0. The second-order valence-electron chi connectivity index (χ2n) is 4.82. The van der Waals surface area contributed by atoms with E-state index >= 15 is 0 Å². The van der Waals surface area contributed by atoms with Gasteiger partial charge in [0.05, 0.1) is 5.69 Å². The lowest BCUT2D eigenvalue weighted by molar-refractivity contribution is -0.121. The number of hydrogen-bond donors (Lipinski definition) is 1. The Kier molecular flexibility index (Phi) is 4.92. The maximum Gasteiger partial charge on any atom is 0.252 e. The smallest absolute Gasteiger partial charge is 0.252 e. The number of carbonyl (C=O) groups is 1. The number of thiazole rings is 1. The van der Waals surface area contributed by atoms with Gasteiger partial charge in [-0.2, -0.15) is 4.98 Å². The zero-order valence-electron chi connectivity index (χ0n) is 12.7. The number of rotatable bonds is 6. The molecule has 1 aromatic carbocycles. The highest BCUT2D eigenvalue weighted by molar-refractivity contribution is 7.14. The number of ether oxygens (including phenoxy) is 1. The molecule has 0 fully saturated rings. The Morgan fingerprint density at radius 2 is 2.12 bits per heavy atom. The summed E-state index contributed by atoms with van der Waals surface area (Å²) in [5, 5.41) is 8.48. The van der Waals surface area contributed by atoms with Crippen molar-refractivity contribution in [3.8, 4) is 11.3 Å². The molecule has 7 nitrogen and oxygen atoms in total. The van der Waals surface area contributed by atoms with E-state index in [1.165, 1.54) is 23.5 Å². The summed E-state index contributed by atoms with van der Waals surface area (Å²) >= 11 is 1.28. The number of aromatic nitrogens is 3. The van der Waals surface area contributed by atoms with Crippen molar-refractivity contribution in [1.82, 2.24) is 15.1 Å². The molecule has 0 spiro atoms. The van der Waals surface area contributed by atoms with Crippen LogP contribution in [-0.4, -0.2) is 27.6 Å². The lowest BCUT2D eigenvalue weighted by Crippen LogP contribution is -2.18. The third-order valence-corrected chi connectivity index (χ3v) is 3.68. The molecule has 0 atom stereocenters. The highest BCUT2D eigenvalue weighted by Crippen LogP contribution is 2.24. The first-order valence-electron chi connectivity index (χ1n) is 6.98. The molecular formula is C15H13FN4O3S. The summed E-state index contributed by atoms with van der Waals surface area (Å²) in [6, 6.07) is 5.98. The number of amides is 1. The van der Waals surface area contributed by atoms with Gasteiger partial charge in [0.25, 0.3) is 11.8 Å². The van der Waals surface area contributed by atoms with E-state index < -0.39 is 0 Å². The van der Waals surface area contributed by atoms with Crippen LogP contribution >= 0.6 is 11.3 Å². The molecule has 0 saturated carbocycles. The van der Waals surface area contributed by atoms with Crippen molar-refractivity contribution in [3.63, 3.8) is 0 Å². The van der Waals surface area contributed by atoms with Gasteiger partial charge in [0.1, 0.15) is 19.0 Å². The van der Waals surface area contributed by atoms with E-state index in [0.717, 1.165) is 5.56 Å². The fourth-order valence-electron chi connectivity index (χ4n) is 1.87. The van der Waals surface area contributed by atoms with E-state index in [4.69, 9.17) is 9.26 Å². The van der Waals surface area contributed by atoms with Crippen LogP contribution in [0.5, 0.6) is 0 Å². The number of hydrogen-bond acceptors (Lipinski definition) is 7. The van der Waals surface area contributed by atoms with Crippen LogP contribution < -0.4 is 5.32 Å². The van der Waals surface area contributed by atoms with E-state index in [2.05, 4.69) is 20.4 Å². The molecular weight excluding hydrogens is 335 g/mol. The number of nitrogens with zero attached hydrogens (tertiary/aromatic N) is 3. The number of carbonyl (C=O) groups excluding carboxylic acids is 1. The molecule has 1 amide bonds. The van der Waals surface area contributed by atoms with Crippen molar-refractivity contribution in [2.24, 2.45) is 0 Å². The number of benzene rings is 1. The Morgan fingerprint density at radius 3 is 2.83 bits per heavy atom. The first-order chi connectivity index (χ1) is 11.6. The molecule has 3 aromatic rings. The van der Waals surface area contributed by atoms with E-state index in [1.54, 1.807) is 24.4 Å². The molecule has 24 heavy (non-hydrogen) atoms. The quantitative estimate of drug-likeness (QED) is 0.737. The van der Waals surface area contributed by atoms with E-state index in [0.29, 0.717) is 22.5 Å². The van der Waals surface area contributed by atoms with Crippen molar-refractivity contribution >= 4 is 22.4 Å². The monoisotopic (exact) mass is 348 g/mol. The van der Waals surface area contributed by atoms with E-state index in [1.807, 2.05) is 0 Å². The summed E-state index contributed by atoms with van der Waals surface area (Å²) < 4.78 is 23.0. The molecule has 0 bridgehead atoms. The predicted molar refractivity (Wildman–Crippen MR) is 84.8 cm³/mol. The number of nitrogens with one attached hydrogen (secondary N) is 1. The Labute approximate surface area is 140 Å². The number of anilines is 1. The minimum atomic E-state index is -0.341. The lowest BCUT2D eigenvalue weighted by atomic mass is 10.2. The highest BCUT2D eigenvalue weighted by Gasteiger charge is 2.10. The van der Waals surface area contributed by atoms with Gasteiger partial charge in [-0.1, -0.05) is 5.16 Å².